The molecule has 5 nitrogen and oxygen atoms in total. The molecule has 2 atom stereocenters. The first-order chi connectivity index (χ1) is 11.5. The summed E-state index contributed by atoms with van der Waals surface area (Å²) in [6, 6.07) is 3.84. The van der Waals surface area contributed by atoms with Crippen LogP contribution in [0.25, 0.3) is 0 Å². The third kappa shape index (κ3) is 3.05. The third-order valence-corrected chi connectivity index (χ3v) is 6.91. The zero-order valence-electron chi connectivity index (χ0n) is 14.1. The molecule has 1 aromatic rings. The van der Waals surface area contributed by atoms with E-state index in [1.165, 1.54) is 19.3 Å². The maximum absolute atomic E-state index is 12.9. The number of nitrogens with zero attached hydrogens (tertiary/aromatic N) is 2. The minimum Gasteiger partial charge on any atom is -0.367 e. The number of amides is 1. The number of nitrogens with one attached hydrogen (secondary N) is 2. The lowest BCUT2D eigenvalue weighted by Gasteiger charge is -2.59. The molecule has 130 valence electrons. The number of aryl methyl sites for hydroxylation is 1. The summed E-state index contributed by atoms with van der Waals surface area (Å²) in [5.41, 5.74) is 0.774. The van der Waals surface area contributed by atoms with Gasteiger partial charge < -0.3 is 10.6 Å². The minimum absolute atomic E-state index is 0.128. The molecule has 2 unspecified atom stereocenters. The van der Waals surface area contributed by atoms with Gasteiger partial charge in [-0.3, -0.25) is 4.79 Å². The van der Waals surface area contributed by atoms with Crippen molar-refractivity contribution in [2.75, 3.05) is 18.4 Å². The number of carbonyl (C=O) groups is 1. The first-order valence-corrected chi connectivity index (χ1v) is 9.77. The summed E-state index contributed by atoms with van der Waals surface area (Å²) >= 11 is 3.97. The monoisotopic (exact) mass is 392 g/mol. The van der Waals surface area contributed by atoms with E-state index in [4.69, 9.17) is 0 Å². The molecular formula is C18H25BrN4O. The van der Waals surface area contributed by atoms with Crippen LogP contribution in [0.2, 0.25) is 0 Å². The Balaban J connectivity index is 1.31. The molecule has 4 saturated carbocycles. The van der Waals surface area contributed by atoms with Crippen molar-refractivity contribution in [3.8, 4) is 0 Å². The van der Waals surface area contributed by atoms with Gasteiger partial charge in [-0.15, -0.1) is 5.10 Å². The predicted molar refractivity (Wildman–Crippen MR) is 97.0 cm³/mol. The Morgan fingerprint density at radius 3 is 2.58 bits per heavy atom. The van der Waals surface area contributed by atoms with Crippen molar-refractivity contribution in [3.05, 3.63) is 17.8 Å². The molecule has 0 aromatic carbocycles. The van der Waals surface area contributed by atoms with Crippen molar-refractivity contribution in [3.63, 3.8) is 0 Å². The lowest BCUT2D eigenvalue weighted by Crippen LogP contribution is -2.58. The van der Waals surface area contributed by atoms with Crippen LogP contribution in [-0.2, 0) is 4.79 Å². The minimum atomic E-state index is -0.128. The van der Waals surface area contributed by atoms with Crippen LogP contribution in [0.5, 0.6) is 0 Å². The number of carbonyl (C=O) groups excluding carboxylic acids is 1. The largest absolute Gasteiger partial charge is 0.367 e. The zero-order chi connectivity index (χ0) is 16.8. The van der Waals surface area contributed by atoms with Crippen LogP contribution >= 0.6 is 15.9 Å². The van der Waals surface area contributed by atoms with Gasteiger partial charge in [-0.2, -0.15) is 5.10 Å². The molecule has 6 heteroatoms. The Hall–Kier alpha value is -1.17. The summed E-state index contributed by atoms with van der Waals surface area (Å²) in [5, 5.41) is 14.5. The topological polar surface area (TPSA) is 66.9 Å². The normalized spacial score (nSPS) is 36.6. The Morgan fingerprint density at radius 1 is 1.21 bits per heavy atom. The highest BCUT2D eigenvalue weighted by Gasteiger charge is 2.59. The summed E-state index contributed by atoms with van der Waals surface area (Å²) in [4.78, 5) is 12.9. The van der Waals surface area contributed by atoms with Gasteiger partial charge in [0.2, 0.25) is 5.91 Å². The van der Waals surface area contributed by atoms with E-state index in [1.54, 1.807) is 0 Å². The van der Waals surface area contributed by atoms with Crippen LogP contribution in [0.15, 0.2) is 12.1 Å². The van der Waals surface area contributed by atoms with Gasteiger partial charge in [0.05, 0.1) is 11.1 Å². The van der Waals surface area contributed by atoms with Crippen LogP contribution in [0.1, 0.15) is 44.2 Å². The molecule has 0 spiro atoms. The molecule has 1 aromatic heterocycles. The fourth-order valence-electron chi connectivity index (χ4n) is 5.46. The molecule has 1 heterocycles. The number of hydrogen-bond donors (Lipinski definition) is 2. The van der Waals surface area contributed by atoms with E-state index < -0.39 is 0 Å². The summed E-state index contributed by atoms with van der Waals surface area (Å²) in [6.07, 6.45) is 7.02. The van der Waals surface area contributed by atoms with E-state index in [1.807, 2.05) is 19.1 Å². The van der Waals surface area contributed by atoms with Crippen LogP contribution in [0, 0.1) is 24.2 Å². The second-order valence-corrected chi connectivity index (χ2v) is 9.82. The van der Waals surface area contributed by atoms with Gasteiger partial charge in [0.1, 0.15) is 5.82 Å². The van der Waals surface area contributed by atoms with Crippen LogP contribution in [-0.4, -0.2) is 33.5 Å². The highest BCUT2D eigenvalue weighted by molar-refractivity contribution is 9.10. The maximum atomic E-state index is 12.9. The quantitative estimate of drug-likeness (QED) is 0.596. The molecule has 1 amide bonds. The van der Waals surface area contributed by atoms with Crippen molar-refractivity contribution in [1.82, 2.24) is 15.5 Å². The number of rotatable bonds is 5. The van der Waals surface area contributed by atoms with Crippen molar-refractivity contribution in [2.24, 2.45) is 17.3 Å². The molecule has 0 saturated heterocycles. The average molecular weight is 393 g/mol. The van der Waals surface area contributed by atoms with E-state index in [-0.39, 0.29) is 15.6 Å². The molecule has 0 radical (unpaired) electrons. The van der Waals surface area contributed by atoms with Crippen molar-refractivity contribution in [1.29, 1.82) is 0 Å². The molecule has 4 fully saturated rings. The number of aromatic nitrogens is 2. The predicted octanol–water partition coefficient (Wildman–Crippen LogP) is 3.05. The van der Waals surface area contributed by atoms with Gasteiger partial charge in [0.25, 0.3) is 0 Å². The van der Waals surface area contributed by atoms with Gasteiger partial charge in [0, 0.05) is 17.4 Å². The van der Waals surface area contributed by atoms with Gasteiger partial charge in [-0.1, -0.05) is 15.9 Å². The Labute approximate surface area is 151 Å². The van der Waals surface area contributed by atoms with Gasteiger partial charge >= 0.3 is 0 Å². The fourth-order valence-corrected chi connectivity index (χ4v) is 6.92. The number of halogens is 1. The van der Waals surface area contributed by atoms with Crippen LogP contribution < -0.4 is 10.6 Å². The standard InChI is InChI=1S/C18H25BrN4O/c1-12-2-3-15(23-22-12)20-4-5-21-16(24)17-7-13-6-14(8-17)10-18(19,9-13)11-17/h2-3,13-14H,4-11H2,1H3,(H,20,23)(H,21,24). The molecule has 2 N–H and O–H groups in total. The van der Waals surface area contributed by atoms with Crippen LogP contribution in [0.4, 0.5) is 5.82 Å². The average Bonchev–Trinajstić information content (AvgIpc) is 2.50. The molecule has 4 bridgehead atoms. The van der Waals surface area contributed by atoms with Crippen LogP contribution in [0.3, 0.4) is 0 Å². The molecule has 4 aliphatic carbocycles. The first kappa shape index (κ1) is 16.3. The maximum Gasteiger partial charge on any atom is 0.226 e. The second-order valence-electron chi connectivity index (χ2n) is 8.13. The van der Waals surface area contributed by atoms with E-state index in [9.17, 15) is 4.79 Å². The number of hydrogen-bond acceptors (Lipinski definition) is 4. The summed E-state index contributed by atoms with van der Waals surface area (Å²) in [6.45, 7) is 3.21. The molecule has 5 rings (SSSR count). The molecule has 0 aliphatic heterocycles. The second kappa shape index (κ2) is 5.97. The SMILES string of the molecule is Cc1ccc(NCCNC(=O)C23CC4CC(CC(Br)(C4)C2)C3)nn1. The van der Waals surface area contributed by atoms with E-state index in [0.29, 0.717) is 13.1 Å². The smallest absolute Gasteiger partial charge is 0.226 e. The summed E-state index contributed by atoms with van der Waals surface area (Å²) < 4.78 is 0.226. The van der Waals surface area contributed by atoms with Crippen molar-refractivity contribution in [2.45, 2.75) is 49.8 Å². The fraction of sp³-hybridized carbons (Fsp3) is 0.722. The molecular weight excluding hydrogens is 368 g/mol. The Kier molecular flexibility index (Phi) is 4.06. The zero-order valence-corrected chi connectivity index (χ0v) is 15.7. The molecule has 24 heavy (non-hydrogen) atoms. The highest BCUT2D eigenvalue weighted by atomic mass is 79.9. The van der Waals surface area contributed by atoms with Crippen molar-refractivity contribution < 1.29 is 4.79 Å². The van der Waals surface area contributed by atoms with E-state index >= 15 is 0 Å². The van der Waals surface area contributed by atoms with E-state index in [0.717, 1.165) is 42.6 Å². The van der Waals surface area contributed by atoms with Gasteiger partial charge in [0.15, 0.2) is 0 Å². The summed E-state index contributed by atoms with van der Waals surface area (Å²) in [5.74, 6) is 2.48. The van der Waals surface area contributed by atoms with Gasteiger partial charge in [-0.25, -0.2) is 0 Å². The van der Waals surface area contributed by atoms with Crippen molar-refractivity contribution >= 4 is 27.7 Å². The third-order valence-electron chi connectivity index (χ3n) is 5.99. The first-order valence-electron chi connectivity index (χ1n) is 8.98. The number of alkyl halides is 1. The van der Waals surface area contributed by atoms with E-state index in [2.05, 4.69) is 36.8 Å². The Bertz CT molecular complexity index is 618. The Morgan fingerprint density at radius 2 is 1.96 bits per heavy atom. The van der Waals surface area contributed by atoms with Gasteiger partial charge in [-0.05, 0) is 69.4 Å². The lowest BCUT2D eigenvalue weighted by atomic mass is 9.49. The highest BCUT2D eigenvalue weighted by Crippen LogP contribution is 2.64. The summed E-state index contributed by atoms with van der Waals surface area (Å²) in [7, 11) is 0. The number of anilines is 1. The molecule has 4 aliphatic rings. The lowest BCUT2D eigenvalue weighted by molar-refractivity contribution is -0.143.